The van der Waals surface area contributed by atoms with Gasteiger partial charge in [0.2, 0.25) is 0 Å². The lowest BCUT2D eigenvalue weighted by Crippen LogP contribution is -1.75. The van der Waals surface area contributed by atoms with Gasteiger partial charge in [0.05, 0.1) is 0 Å². The minimum absolute atomic E-state index is 0.0352. The van der Waals surface area contributed by atoms with E-state index in [1.165, 1.54) is 18.2 Å². The Morgan fingerprint density at radius 2 is 1.79 bits per heavy atom. The van der Waals surface area contributed by atoms with E-state index in [1.807, 2.05) is 0 Å². The smallest absolute Gasteiger partial charge is 0.157 e. The molecule has 0 aliphatic rings. The first kappa shape index (κ1) is 8.50. The van der Waals surface area contributed by atoms with Gasteiger partial charge >= 0.3 is 0 Å². The molecule has 70 valence electrons. The molecule has 0 amide bonds. The third-order valence-corrected chi connectivity index (χ3v) is 2.05. The lowest BCUT2D eigenvalue weighted by Gasteiger charge is -2.02. The fourth-order valence-corrected chi connectivity index (χ4v) is 1.38. The van der Waals surface area contributed by atoms with Crippen LogP contribution in [0.4, 0.5) is 5.69 Å². The third-order valence-electron chi connectivity index (χ3n) is 2.05. The van der Waals surface area contributed by atoms with Gasteiger partial charge in [-0.3, -0.25) is 0 Å². The number of nitrogens with zero attached hydrogens (tertiary/aromatic N) is 1. The second-order valence-corrected chi connectivity index (χ2v) is 2.93. The van der Waals surface area contributed by atoms with Crippen LogP contribution in [0.3, 0.4) is 0 Å². The van der Waals surface area contributed by atoms with Crippen LogP contribution in [0.25, 0.3) is 10.8 Å². The molecular weight excluding hydrogens is 182 g/mol. The lowest BCUT2D eigenvalue weighted by atomic mass is 10.1. The zero-order valence-corrected chi connectivity index (χ0v) is 7.14. The Morgan fingerprint density at radius 3 is 2.50 bits per heavy atom. The minimum atomic E-state index is -0.182. The Bertz CT molecular complexity index is 503. The van der Waals surface area contributed by atoms with Crippen molar-refractivity contribution in [3.05, 3.63) is 35.2 Å². The monoisotopic (exact) mass is 189 g/mol. The van der Waals surface area contributed by atoms with Crippen molar-refractivity contribution in [2.45, 2.75) is 0 Å². The Balaban J connectivity index is 2.91. The molecular formula is C10H7NO3. The van der Waals surface area contributed by atoms with Crippen LogP contribution in [-0.2, 0) is 0 Å². The molecule has 0 radical (unpaired) electrons. The largest absolute Gasteiger partial charge is 0.508 e. The summed E-state index contributed by atoms with van der Waals surface area (Å²) in [7, 11) is 0. The van der Waals surface area contributed by atoms with Crippen LogP contribution >= 0.6 is 0 Å². The van der Waals surface area contributed by atoms with Crippen LogP contribution in [0.2, 0.25) is 0 Å². The zero-order valence-electron chi connectivity index (χ0n) is 7.14. The molecule has 2 aromatic rings. The Labute approximate surface area is 79.4 Å². The predicted octanol–water partition coefficient (Wildman–Crippen LogP) is 2.65. The quantitative estimate of drug-likeness (QED) is 0.677. The fraction of sp³-hybridized carbons (Fsp3) is 0. The maximum atomic E-state index is 10.5. The van der Waals surface area contributed by atoms with Gasteiger partial charge in [-0.1, -0.05) is 12.1 Å². The first-order chi connectivity index (χ1) is 6.72. The van der Waals surface area contributed by atoms with Crippen molar-refractivity contribution in [1.82, 2.24) is 0 Å². The first-order valence-electron chi connectivity index (χ1n) is 4.00. The van der Waals surface area contributed by atoms with Gasteiger partial charge in [-0.2, -0.15) is 0 Å². The average molecular weight is 189 g/mol. The number of nitroso groups, excluding NO2 is 1. The molecule has 0 bridgehead atoms. The van der Waals surface area contributed by atoms with Crippen molar-refractivity contribution in [3.63, 3.8) is 0 Å². The van der Waals surface area contributed by atoms with E-state index in [4.69, 9.17) is 0 Å². The van der Waals surface area contributed by atoms with E-state index in [0.717, 1.165) is 5.39 Å². The molecule has 0 saturated heterocycles. The van der Waals surface area contributed by atoms with E-state index >= 15 is 0 Å². The van der Waals surface area contributed by atoms with Crippen molar-refractivity contribution in [3.8, 4) is 11.5 Å². The van der Waals surface area contributed by atoms with E-state index in [2.05, 4.69) is 5.18 Å². The molecule has 2 aromatic carbocycles. The van der Waals surface area contributed by atoms with Gasteiger partial charge in [0.15, 0.2) is 5.69 Å². The van der Waals surface area contributed by atoms with Gasteiger partial charge in [0, 0.05) is 5.39 Å². The maximum absolute atomic E-state index is 10.5. The summed E-state index contributed by atoms with van der Waals surface area (Å²) in [5.74, 6) is -0.147. The van der Waals surface area contributed by atoms with E-state index in [-0.39, 0.29) is 17.2 Å². The van der Waals surface area contributed by atoms with Crippen molar-refractivity contribution in [2.75, 3.05) is 0 Å². The average Bonchev–Trinajstić information content (AvgIpc) is 2.17. The second-order valence-electron chi connectivity index (χ2n) is 2.93. The number of rotatable bonds is 1. The highest BCUT2D eigenvalue weighted by atomic mass is 16.3. The van der Waals surface area contributed by atoms with Crippen LogP contribution in [0.1, 0.15) is 0 Å². The standard InChI is InChI=1S/C10H7NO3/c12-7-3-1-6-2-4-9(13)10(11-14)8(6)5-7/h1-5,12-13H. The van der Waals surface area contributed by atoms with E-state index in [1.54, 1.807) is 12.1 Å². The number of hydrogen-bond acceptors (Lipinski definition) is 4. The summed E-state index contributed by atoms with van der Waals surface area (Å²) >= 11 is 0. The summed E-state index contributed by atoms with van der Waals surface area (Å²) in [4.78, 5) is 10.5. The number of aromatic hydroxyl groups is 2. The molecule has 14 heavy (non-hydrogen) atoms. The molecule has 4 heteroatoms. The highest BCUT2D eigenvalue weighted by Gasteiger charge is 2.07. The summed E-state index contributed by atoms with van der Waals surface area (Å²) in [6, 6.07) is 7.60. The van der Waals surface area contributed by atoms with E-state index in [9.17, 15) is 15.1 Å². The van der Waals surface area contributed by atoms with Crippen LogP contribution in [0.5, 0.6) is 11.5 Å². The van der Waals surface area contributed by atoms with Gasteiger partial charge in [-0.05, 0) is 28.8 Å². The van der Waals surface area contributed by atoms with E-state index in [0.29, 0.717) is 5.39 Å². The normalized spacial score (nSPS) is 10.3. The van der Waals surface area contributed by atoms with Gasteiger partial charge < -0.3 is 10.2 Å². The number of hydrogen-bond donors (Lipinski definition) is 2. The molecule has 0 unspecified atom stereocenters. The Kier molecular flexibility index (Phi) is 1.81. The highest BCUT2D eigenvalue weighted by Crippen LogP contribution is 2.36. The molecule has 0 aliphatic carbocycles. The molecule has 0 saturated carbocycles. The SMILES string of the molecule is O=Nc1c(O)ccc2ccc(O)cc12. The van der Waals surface area contributed by atoms with Crippen LogP contribution in [-0.4, -0.2) is 10.2 Å². The number of phenolic OH excluding ortho intramolecular Hbond substituents is 2. The van der Waals surface area contributed by atoms with Crippen molar-refractivity contribution in [2.24, 2.45) is 5.18 Å². The lowest BCUT2D eigenvalue weighted by molar-refractivity contribution is 0.475. The minimum Gasteiger partial charge on any atom is -0.508 e. The summed E-state index contributed by atoms with van der Waals surface area (Å²) in [6.07, 6.45) is 0. The predicted molar refractivity (Wildman–Crippen MR) is 52.7 cm³/mol. The van der Waals surface area contributed by atoms with Gasteiger partial charge in [0.1, 0.15) is 11.5 Å². The topological polar surface area (TPSA) is 69.9 Å². The van der Waals surface area contributed by atoms with Gasteiger partial charge in [-0.25, -0.2) is 0 Å². The summed E-state index contributed by atoms with van der Waals surface area (Å²) < 4.78 is 0. The van der Waals surface area contributed by atoms with Gasteiger partial charge in [0.25, 0.3) is 0 Å². The molecule has 0 fully saturated rings. The van der Waals surface area contributed by atoms with E-state index < -0.39 is 0 Å². The summed E-state index contributed by atoms with van der Waals surface area (Å²) in [5, 5.41) is 22.5. The second kappa shape index (κ2) is 2.99. The van der Waals surface area contributed by atoms with Crippen molar-refractivity contribution >= 4 is 16.5 Å². The van der Waals surface area contributed by atoms with Crippen LogP contribution < -0.4 is 0 Å². The highest BCUT2D eigenvalue weighted by molar-refractivity contribution is 5.96. The third kappa shape index (κ3) is 1.17. The first-order valence-corrected chi connectivity index (χ1v) is 4.00. The molecule has 0 heterocycles. The van der Waals surface area contributed by atoms with Gasteiger partial charge in [-0.15, -0.1) is 4.91 Å². The molecule has 4 nitrogen and oxygen atoms in total. The molecule has 2 rings (SSSR count). The fourth-order valence-electron chi connectivity index (χ4n) is 1.38. The molecule has 0 atom stereocenters. The molecule has 0 aromatic heterocycles. The molecule has 0 spiro atoms. The molecule has 0 aliphatic heterocycles. The summed E-state index contributed by atoms with van der Waals surface area (Å²) in [6.45, 7) is 0. The zero-order chi connectivity index (χ0) is 10.1. The molecule has 2 N–H and O–H groups in total. The maximum Gasteiger partial charge on any atom is 0.157 e. The summed E-state index contributed by atoms with van der Waals surface area (Å²) in [5.41, 5.74) is -0.0431. The Hall–Kier alpha value is -2.10. The number of phenols is 2. The number of fused-ring (bicyclic) bond motifs is 1. The van der Waals surface area contributed by atoms with Crippen LogP contribution in [0, 0.1) is 4.91 Å². The van der Waals surface area contributed by atoms with Crippen molar-refractivity contribution in [1.29, 1.82) is 0 Å². The Morgan fingerprint density at radius 1 is 1.07 bits per heavy atom. The van der Waals surface area contributed by atoms with Crippen LogP contribution in [0.15, 0.2) is 35.5 Å². The number of benzene rings is 2. The van der Waals surface area contributed by atoms with Crippen molar-refractivity contribution < 1.29 is 10.2 Å².